The van der Waals surface area contributed by atoms with Gasteiger partial charge in [0.2, 0.25) is 0 Å². The third-order valence-corrected chi connectivity index (χ3v) is 3.72. The van der Waals surface area contributed by atoms with Gasteiger partial charge in [0.1, 0.15) is 0 Å². The molecule has 0 bridgehead atoms. The molecule has 0 aromatic carbocycles. The standard InChI is InChI=1S/C14H30N2O/c1-8-9-17-16-13(2,3)10-12(15(6)7)11-14(16,4)5/h12H,8-11H2,1-7H3. The summed E-state index contributed by atoms with van der Waals surface area (Å²) in [6, 6.07) is 0.640. The van der Waals surface area contributed by atoms with Crippen LogP contribution in [0.4, 0.5) is 0 Å². The summed E-state index contributed by atoms with van der Waals surface area (Å²) < 4.78 is 0. The minimum atomic E-state index is 0.103. The summed E-state index contributed by atoms with van der Waals surface area (Å²) in [4.78, 5) is 8.35. The fourth-order valence-electron chi connectivity index (χ4n) is 3.11. The van der Waals surface area contributed by atoms with Gasteiger partial charge >= 0.3 is 0 Å². The van der Waals surface area contributed by atoms with E-state index in [1.54, 1.807) is 0 Å². The van der Waals surface area contributed by atoms with Gasteiger partial charge in [-0.1, -0.05) is 6.92 Å². The van der Waals surface area contributed by atoms with Gasteiger partial charge in [-0.2, -0.15) is 5.06 Å². The highest BCUT2D eigenvalue weighted by atomic mass is 16.7. The molecule has 0 N–H and O–H groups in total. The van der Waals surface area contributed by atoms with Crippen molar-refractivity contribution in [2.45, 2.75) is 71.0 Å². The molecule has 0 amide bonds. The third-order valence-electron chi connectivity index (χ3n) is 3.72. The van der Waals surface area contributed by atoms with Crippen LogP contribution in [0.5, 0.6) is 0 Å². The van der Waals surface area contributed by atoms with Gasteiger partial charge in [0.25, 0.3) is 0 Å². The van der Waals surface area contributed by atoms with Crippen molar-refractivity contribution >= 4 is 0 Å². The molecule has 1 fully saturated rings. The molecule has 1 saturated heterocycles. The zero-order valence-electron chi connectivity index (χ0n) is 12.7. The molecule has 17 heavy (non-hydrogen) atoms. The predicted molar refractivity (Wildman–Crippen MR) is 72.9 cm³/mol. The summed E-state index contributed by atoms with van der Waals surface area (Å²) in [5.41, 5.74) is 0.206. The Balaban J connectivity index is 2.84. The lowest BCUT2D eigenvalue weighted by molar-refractivity contribution is -0.287. The molecule has 3 nitrogen and oxygen atoms in total. The Morgan fingerprint density at radius 2 is 1.59 bits per heavy atom. The third kappa shape index (κ3) is 3.43. The smallest absolute Gasteiger partial charge is 0.0683 e. The second-order valence-corrected chi connectivity index (χ2v) is 6.78. The van der Waals surface area contributed by atoms with E-state index in [-0.39, 0.29) is 11.1 Å². The van der Waals surface area contributed by atoms with E-state index in [0.29, 0.717) is 6.04 Å². The van der Waals surface area contributed by atoms with Crippen LogP contribution >= 0.6 is 0 Å². The van der Waals surface area contributed by atoms with Crippen molar-refractivity contribution in [3.05, 3.63) is 0 Å². The fourth-order valence-corrected chi connectivity index (χ4v) is 3.11. The Morgan fingerprint density at radius 1 is 1.12 bits per heavy atom. The number of hydroxylamine groups is 2. The van der Waals surface area contributed by atoms with Crippen LogP contribution in [0.2, 0.25) is 0 Å². The van der Waals surface area contributed by atoms with Crippen LogP contribution in [0, 0.1) is 0 Å². The number of piperidine rings is 1. The van der Waals surface area contributed by atoms with Crippen LogP contribution in [-0.2, 0) is 4.84 Å². The van der Waals surface area contributed by atoms with E-state index in [2.05, 4.69) is 58.7 Å². The maximum atomic E-state index is 6.01. The summed E-state index contributed by atoms with van der Waals surface area (Å²) in [7, 11) is 4.36. The number of nitrogens with zero attached hydrogens (tertiary/aromatic N) is 2. The molecule has 0 unspecified atom stereocenters. The fraction of sp³-hybridized carbons (Fsp3) is 1.00. The second kappa shape index (κ2) is 5.25. The quantitative estimate of drug-likeness (QED) is 0.754. The highest BCUT2D eigenvalue weighted by Crippen LogP contribution is 2.39. The maximum Gasteiger partial charge on any atom is 0.0683 e. The van der Waals surface area contributed by atoms with Crippen molar-refractivity contribution in [1.29, 1.82) is 0 Å². The van der Waals surface area contributed by atoms with E-state index in [1.165, 1.54) is 0 Å². The zero-order valence-corrected chi connectivity index (χ0v) is 12.7. The van der Waals surface area contributed by atoms with E-state index >= 15 is 0 Å². The van der Waals surface area contributed by atoms with Crippen molar-refractivity contribution in [3.8, 4) is 0 Å². The number of rotatable bonds is 4. The molecule has 102 valence electrons. The van der Waals surface area contributed by atoms with E-state index in [1.807, 2.05) is 0 Å². The van der Waals surface area contributed by atoms with Crippen molar-refractivity contribution < 1.29 is 4.84 Å². The lowest BCUT2D eigenvalue weighted by atomic mass is 9.78. The molecule has 1 rings (SSSR count). The summed E-state index contributed by atoms with van der Waals surface area (Å²) in [5.74, 6) is 0. The van der Waals surface area contributed by atoms with Gasteiger partial charge in [0, 0.05) is 17.1 Å². The number of hydrogen-bond acceptors (Lipinski definition) is 3. The van der Waals surface area contributed by atoms with Gasteiger partial charge in [-0.05, 0) is 61.1 Å². The average molecular weight is 242 g/mol. The van der Waals surface area contributed by atoms with Crippen molar-refractivity contribution in [3.63, 3.8) is 0 Å². The highest BCUT2D eigenvalue weighted by Gasteiger charge is 2.46. The van der Waals surface area contributed by atoms with Gasteiger partial charge < -0.3 is 4.90 Å². The summed E-state index contributed by atoms with van der Waals surface area (Å²) in [5, 5.41) is 2.24. The first kappa shape index (κ1) is 14.9. The molecule has 0 aliphatic carbocycles. The van der Waals surface area contributed by atoms with Gasteiger partial charge in [0.05, 0.1) is 6.61 Å². The topological polar surface area (TPSA) is 15.7 Å². The van der Waals surface area contributed by atoms with Crippen LogP contribution in [0.25, 0.3) is 0 Å². The van der Waals surface area contributed by atoms with Crippen LogP contribution < -0.4 is 0 Å². The molecule has 0 radical (unpaired) electrons. The average Bonchev–Trinajstić information content (AvgIpc) is 2.14. The van der Waals surface area contributed by atoms with Crippen molar-refractivity contribution in [2.24, 2.45) is 0 Å². The minimum Gasteiger partial charge on any atom is -0.306 e. The van der Waals surface area contributed by atoms with E-state index in [4.69, 9.17) is 4.84 Å². The van der Waals surface area contributed by atoms with E-state index in [9.17, 15) is 0 Å². The SMILES string of the molecule is CCCON1C(C)(C)CC(N(C)C)CC1(C)C. The maximum absolute atomic E-state index is 6.01. The zero-order chi connectivity index (χ0) is 13.3. The van der Waals surface area contributed by atoms with Crippen molar-refractivity contribution in [1.82, 2.24) is 9.96 Å². The molecular formula is C14H30N2O. The van der Waals surface area contributed by atoms with Gasteiger partial charge in [-0.15, -0.1) is 0 Å². The summed E-state index contributed by atoms with van der Waals surface area (Å²) in [6.07, 6.45) is 3.39. The molecule has 1 heterocycles. The first-order chi connectivity index (χ1) is 7.70. The molecule has 0 aromatic rings. The molecule has 0 atom stereocenters. The van der Waals surface area contributed by atoms with Crippen LogP contribution in [0.3, 0.4) is 0 Å². The van der Waals surface area contributed by atoms with Gasteiger partial charge in [0.15, 0.2) is 0 Å². The van der Waals surface area contributed by atoms with E-state index in [0.717, 1.165) is 25.9 Å². The molecule has 0 saturated carbocycles. The monoisotopic (exact) mass is 242 g/mol. The molecule has 3 heteroatoms. The summed E-state index contributed by atoms with van der Waals surface area (Å²) in [6.45, 7) is 12.1. The molecule has 1 aliphatic heterocycles. The molecule has 0 aromatic heterocycles. The Labute approximate surface area is 107 Å². The number of hydrogen-bond donors (Lipinski definition) is 0. The largest absolute Gasteiger partial charge is 0.306 e. The normalized spacial score (nSPS) is 25.4. The first-order valence-corrected chi connectivity index (χ1v) is 6.80. The summed E-state index contributed by atoms with van der Waals surface area (Å²) >= 11 is 0. The Bertz CT molecular complexity index is 231. The lowest BCUT2D eigenvalue weighted by Crippen LogP contribution is -2.63. The highest BCUT2D eigenvalue weighted by molar-refractivity contribution is 4.99. The first-order valence-electron chi connectivity index (χ1n) is 6.80. The molecule has 1 aliphatic rings. The van der Waals surface area contributed by atoms with Gasteiger partial charge in [-0.25, -0.2) is 0 Å². The Morgan fingerprint density at radius 3 is 1.94 bits per heavy atom. The predicted octanol–water partition coefficient (Wildman–Crippen LogP) is 2.91. The van der Waals surface area contributed by atoms with Gasteiger partial charge in [-0.3, -0.25) is 4.84 Å². The lowest BCUT2D eigenvalue weighted by Gasteiger charge is -2.55. The minimum absolute atomic E-state index is 0.103. The Hall–Kier alpha value is -0.120. The molecule has 0 spiro atoms. The second-order valence-electron chi connectivity index (χ2n) is 6.78. The van der Waals surface area contributed by atoms with Crippen LogP contribution in [0.15, 0.2) is 0 Å². The molecular weight excluding hydrogens is 212 g/mol. The van der Waals surface area contributed by atoms with Crippen LogP contribution in [0.1, 0.15) is 53.9 Å². The Kier molecular flexibility index (Phi) is 4.61. The van der Waals surface area contributed by atoms with Crippen molar-refractivity contribution in [2.75, 3.05) is 20.7 Å². The van der Waals surface area contributed by atoms with Crippen LogP contribution in [-0.4, -0.2) is 47.8 Å². The van der Waals surface area contributed by atoms with E-state index < -0.39 is 0 Å².